The van der Waals surface area contributed by atoms with Crippen LogP contribution in [-0.4, -0.2) is 19.6 Å². The average molecular weight is 294 g/mol. The molecule has 0 fully saturated rings. The molecular formula is C16H11FN4O. The fourth-order valence-electron chi connectivity index (χ4n) is 2.39. The molecule has 6 heteroatoms. The minimum atomic E-state index is -0.468. The summed E-state index contributed by atoms with van der Waals surface area (Å²) in [6, 6.07) is 11.7. The fourth-order valence-corrected chi connectivity index (χ4v) is 2.39. The Labute approximate surface area is 124 Å². The third-order valence-corrected chi connectivity index (χ3v) is 3.57. The van der Waals surface area contributed by atoms with Gasteiger partial charge in [-0.1, -0.05) is 29.8 Å². The quantitative estimate of drug-likeness (QED) is 0.587. The summed E-state index contributed by atoms with van der Waals surface area (Å²) in [4.78, 5) is 21.1. The summed E-state index contributed by atoms with van der Waals surface area (Å²) in [5, 5.41) is 3.14. The van der Waals surface area contributed by atoms with Crippen LogP contribution in [0, 0.1) is 12.7 Å². The molecule has 0 aliphatic heterocycles. The van der Waals surface area contributed by atoms with Crippen LogP contribution in [0.2, 0.25) is 0 Å². The lowest BCUT2D eigenvalue weighted by molar-refractivity contribution is 0.629. The van der Waals surface area contributed by atoms with Crippen LogP contribution in [0.15, 0.2) is 47.3 Å². The minimum absolute atomic E-state index is 0.219. The summed E-state index contributed by atoms with van der Waals surface area (Å²) >= 11 is 0. The smallest absolute Gasteiger partial charge is 0.271 e. The van der Waals surface area contributed by atoms with Gasteiger partial charge in [-0.3, -0.25) is 9.89 Å². The van der Waals surface area contributed by atoms with Crippen LogP contribution in [0.4, 0.5) is 4.39 Å². The summed E-state index contributed by atoms with van der Waals surface area (Å²) in [7, 11) is 0. The highest BCUT2D eigenvalue weighted by atomic mass is 19.1. The van der Waals surface area contributed by atoms with Gasteiger partial charge in [-0.05, 0) is 25.1 Å². The maximum atomic E-state index is 13.3. The van der Waals surface area contributed by atoms with Gasteiger partial charge in [0, 0.05) is 5.56 Å². The predicted octanol–water partition coefficient (Wildman–Crippen LogP) is 2.69. The van der Waals surface area contributed by atoms with Gasteiger partial charge >= 0.3 is 0 Å². The van der Waals surface area contributed by atoms with Crippen LogP contribution in [-0.2, 0) is 0 Å². The molecule has 4 aromatic rings. The number of fused-ring (bicyclic) bond motifs is 2. The van der Waals surface area contributed by atoms with E-state index in [1.165, 1.54) is 22.7 Å². The Morgan fingerprint density at radius 2 is 1.86 bits per heavy atom. The molecule has 2 aromatic carbocycles. The molecule has 2 heterocycles. The maximum Gasteiger partial charge on any atom is 0.281 e. The highest BCUT2D eigenvalue weighted by Crippen LogP contribution is 2.17. The minimum Gasteiger partial charge on any atom is -0.271 e. The molecule has 0 unspecified atom stereocenters. The van der Waals surface area contributed by atoms with E-state index < -0.39 is 5.82 Å². The van der Waals surface area contributed by atoms with Gasteiger partial charge in [-0.15, -0.1) is 0 Å². The molecule has 22 heavy (non-hydrogen) atoms. The number of rotatable bonds is 1. The molecular weight excluding hydrogens is 283 g/mol. The second kappa shape index (κ2) is 4.49. The first kappa shape index (κ1) is 12.7. The van der Waals surface area contributed by atoms with Crippen molar-refractivity contribution in [3.05, 3.63) is 64.2 Å². The third kappa shape index (κ3) is 1.88. The van der Waals surface area contributed by atoms with E-state index in [0.717, 1.165) is 11.1 Å². The Hall–Kier alpha value is -3.02. The zero-order valence-corrected chi connectivity index (χ0v) is 11.7. The van der Waals surface area contributed by atoms with E-state index in [9.17, 15) is 9.18 Å². The average Bonchev–Trinajstić information content (AvgIpc) is 2.93. The number of nitrogens with zero attached hydrogens (tertiary/aromatic N) is 3. The molecule has 0 aliphatic rings. The number of aromatic amines is 1. The highest BCUT2D eigenvalue weighted by Gasteiger charge is 2.11. The van der Waals surface area contributed by atoms with E-state index in [-0.39, 0.29) is 16.7 Å². The summed E-state index contributed by atoms with van der Waals surface area (Å²) in [6.07, 6.45) is 0. The van der Waals surface area contributed by atoms with Gasteiger partial charge in [0.25, 0.3) is 11.3 Å². The van der Waals surface area contributed by atoms with Gasteiger partial charge in [-0.2, -0.15) is 9.50 Å². The van der Waals surface area contributed by atoms with Gasteiger partial charge < -0.3 is 0 Å². The van der Waals surface area contributed by atoms with E-state index in [4.69, 9.17) is 0 Å². The van der Waals surface area contributed by atoms with Crippen molar-refractivity contribution >= 4 is 16.7 Å². The molecule has 2 aromatic heterocycles. The first-order valence-corrected chi connectivity index (χ1v) is 6.77. The van der Waals surface area contributed by atoms with Crippen molar-refractivity contribution in [3.63, 3.8) is 0 Å². The first-order valence-electron chi connectivity index (χ1n) is 6.77. The number of nitrogens with one attached hydrogen (secondary N) is 1. The Balaban J connectivity index is 2.01. The molecule has 1 N–H and O–H groups in total. The lowest BCUT2D eigenvalue weighted by Gasteiger charge is -1.97. The number of H-pyrrole nitrogens is 1. The van der Waals surface area contributed by atoms with E-state index in [1.54, 1.807) is 0 Å². The molecule has 5 nitrogen and oxygen atoms in total. The second-order valence-electron chi connectivity index (χ2n) is 5.15. The predicted molar refractivity (Wildman–Crippen MR) is 81.2 cm³/mol. The molecule has 0 spiro atoms. The number of aryl methyl sites for hydroxylation is 1. The van der Waals surface area contributed by atoms with Gasteiger partial charge in [0.2, 0.25) is 0 Å². The van der Waals surface area contributed by atoms with Crippen LogP contribution in [0.25, 0.3) is 28.1 Å². The zero-order valence-electron chi connectivity index (χ0n) is 11.7. The Morgan fingerprint density at radius 3 is 2.64 bits per heavy atom. The van der Waals surface area contributed by atoms with Crippen LogP contribution in [0.1, 0.15) is 5.56 Å². The largest absolute Gasteiger partial charge is 0.281 e. The lowest BCUT2D eigenvalue weighted by atomic mass is 10.1. The van der Waals surface area contributed by atoms with Crippen molar-refractivity contribution in [2.75, 3.05) is 0 Å². The van der Waals surface area contributed by atoms with E-state index in [0.29, 0.717) is 11.3 Å². The van der Waals surface area contributed by atoms with Crippen molar-refractivity contribution in [2.45, 2.75) is 6.92 Å². The Bertz CT molecular complexity index is 1060. The summed E-state index contributed by atoms with van der Waals surface area (Å²) in [6.45, 7) is 2.00. The Kier molecular flexibility index (Phi) is 2.59. The second-order valence-corrected chi connectivity index (χ2v) is 5.15. The van der Waals surface area contributed by atoms with E-state index >= 15 is 0 Å². The van der Waals surface area contributed by atoms with Gasteiger partial charge in [0.05, 0.1) is 10.9 Å². The number of hydrogen-bond donors (Lipinski definition) is 1. The van der Waals surface area contributed by atoms with Gasteiger partial charge in [-0.25, -0.2) is 9.37 Å². The lowest BCUT2D eigenvalue weighted by Crippen LogP contribution is -2.15. The maximum absolute atomic E-state index is 13.3. The summed E-state index contributed by atoms with van der Waals surface area (Å²) < 4.78 is 14.6. The summed E-state index contributed by atoms with van der Waals surface area (Å²) in [5.41, 5.74) is 2.04. The topological polar surface area (TPSA) is 63.1 Å². The van der Waals surface area contributed by atoms with Crippen LogP contribution in [0.3, 0.4) is 0 Å². The normalized spacial score (nSPS) is 11.4. The molecule has 4 rings (SSSR count). The van der Waals surface area contributed by atoms with E-state index in [2.05, 4.69) is 15.1 Å². The SMILES string of the molecule is Cc1ccc(-c2nc3nc4ccc(F)cc4c(=O)n3[nH]2)cc1. The Morgan fingerprint density at radius 1 is 1.09 bits per heavy atom. The molecule has 0 radical (unpaired) electrons. The standard InChI is InChI=1S/C16H11FN4O/c1-9-2-4-10(5-3-9)14-19-16-18-13-7-6-11(17)8-12(13)15(22)21(16)20-14/h2-8H,1H3,(H,18,19,20). The molecule has 0 amide bonds. The molecule has 0 saturated heterocycles. The van der Waals surface area contributed by atoms with E-state index in [1.807, 2.05) is 31.2 Å². The summed E-state index contributed by atoms with van der Waals surface area (Å²) in [5.74, 6) is 0.338. The number of halogens is 1. The van der Waals surface area contributed by atoms with Crippen molar-refractivity contribution in [1.82, 2.24) is 19.6 Å². The monoisotopic (exact) mass is 294 g/mol. The van der Waals surface area contributed by atoms with Crippen molar-refractivity contribution < 1.29 is 4.39 Å². The fraction of sp³-hybridized carbons (Fsp3) is 0.0625. The number of aromatic nitrogens is 4. The van der Waals surface area contributed by atoms with Crippen LogP contribution in [0.5, 0.6) is 0 Å². The number of benzene rings is 2. The van der Waals surface area contributed by atoms with Crippen molar-refractivity contribution in [1.29, 1.82) is 0 Å². The van der Waals surface area contributed by atoms with Gasteiger partial charge in [0.1, 0.15) is 5.82 Å². The first-order chi connectivity index (χ1) is 10.6. The van der Waals surface area contributed by atoms with Crippen molar-refractivity contribution in [2.24, 2.45) is 0 Å². The molecule has 0 aliphatic carbocycles. The molecule has 0 saturated carbocycles. The van der Waals surface area contributed by atoms with Crippen LogP contribution < -0.4 is 5.56 Å². The molecule has 0 atom stereocenters. The molecule has 0 bridgehead atoms. The van der Waals surface area contributed by atoms with Gasteiger partial charge in [0.15, 0.2) is 5.82 Å². The molecule has 108 valence electrons. The van der Waals surface area contributed by atoms with Crippen molar-refractivity contribution in [3.8, 4) is 11.4 Å². The van der Waals surface area contributed by atoms with Crippen LogP contribution >= 0.6 is 0 Å². The number of hydrogen-bond acceptors (Lipinski definition) is 3. The zero-order chi connectivity index (χ0) is 15.3. The highest BCUT2D eigenvalue weighted by molar-refractivity contribution is 5.79. The third-order valence-electron chi connectivity index (χ3n) is 3.57.